The van der Waals surface area contributed by atoms with Gasteiger partial charge in [-0.2, -0.15) is 0 Å². The Kier molecular flexibility index (Phi) is 4.70. The Morgan fingerprint density at radius 2 is 1.95 bits per heavy atom. The summed E-state index contributed by atoms with van der Waals surface area (Å²) in [6.07, 6.45) is 1.57. The number of amides is 1. The molecule has 0 saturated heterocycles. The number of rotatable bonds is 2. The van der Waals surface area contributed by atoms with Gasteiger partial charge in [-0.3, -0.25) is 4.79 Å². The Labute approximate surface area is 124 Å². The van der Waals surface area contributed by atoms with Gasteiger partial charge in [-0.05, 0) is 37.1 Å². The maximum absolute atomic E-state index is 12.2. The number of pyridine rings is 1. The van der Waals surface area contributed by atoms with E-state index in [0.29, 0.717) is 12.2 Å². The first kappa shape index (κ1) is 14.8. The molecule has 0 atom stereocenters. The third-order valence-corrected chi connectivity index (χ3v) is 3.05. The smallest absolute Gasteiger partial charge is 0.274 e. The minimum Gasteiger partial charge on any atom is -0.320 e. The first-order chi connectivity index (χ1) is 10.1. The van der Waals surface area contributed by atoms with Crippen molar-refractivity contribution in [3.8, 4) is 11.8 Å². The van der Waals surface area contributed by atoms with Crippen LogP contribution in [0.2, 0.25) is 0 Å². The minimum absolute atomic E-state index is 0.231. The molecule has 3 N–H and O–H groups in total. The number of carbonyl (C=O) groups is 1. The summed E-state index contributed by atoms with van der Waals surface area (Å²) in [7, 11) is 0. The van der Waals surface area contributed by atoms with E-state index >= 15 is 0 Å². The van der Waals surface area contributed by atoms with E-state index in [4.69, 9.17) is 5.73 Å². The fourth-order valence-corrected chi connectivity index (χ4v) is 1.94. The number of carbonyl (C=O) groups excluding carboxylic acids is 1. The molecular weight excluding hydrogens is 262 g/mol. The molecule has 0 saturated carbocycles. The number of nitrogens with one attached hydrogen (secondary N) is 1. The van der Waals surface area contributed by atoms with Crippen molar-refractivity contribution in [1.82, 2.24) is 4.98 Å². The van der Waals surface area contributed by atoms with Crippen molar-refractivity contribution >= 4 is 11.6 Å². The number of para-hydroxylation sites is 1. The van der Waals surface area contributed by atoms with Gasteiger partial charge in [0.2, 0.25) is 0 Å². The molecule has 106 valence electrons. The Morgan fingerprint density at radius 1 is 1.24 bits per heavy atom. The van der Waals surface area contributed by atoms with Gasteiger partial charge in [0.25, 0.3) is 5.91 Å². The van der Waals surface area contributed by atoms with Gasteiger partial charge >= 0.3 is 0 Å². The molecule has 0 aliphatic carbocycles. The monoisotopic (exact) mass is 279 g/mol. The van der Waals surface area contributed by atoms with Crippen molar-refractivity contribution in [2.75, 3.05) is 11.9 Å². The van der Waals surface area contributed by atoms with Crippen molar-refractivity contribution in [2.45, 2.75) is 13.8 Å². The molecule has 1 heterocycles. The standard InChI is InChI=1S/C17H17N3O/c1-12-5-3-6-13(2)16(12)20-17(21)15-9-8-14(11-19-15)7-4-10-18/h3,5-6,8-9,11H,10,18H2,1-2H3,(H,20,21). The van der Waals surface area contributed by atoms with Gasteiger partial charge in [-0.15, -0.1) is 0 Å². The second-order valence-electron chi connectivity index (χ2n) is 4.66. The molecule has 0 radical (unpaired) electrons. The Hall–Kier alpha value is -2.64. The van der Waals surface area contributed by atoms with Crippen LogP contribution in [0.15, 0.2) is 36.5 Å². The number of benzene rings is 1. The van der Waals surface area contributed by atoms with Crippen LogP contribution in [0.4, 0.5) is 5.69 Å². The average molecular weight is 279 g/mol. The molecule has 1 aromatic carbocycles. The lowest BCUT2D eigenvalue weighted by atomic mass is 10.1. The van der Waals surface area contributed by atoms with Gasteiger partial charge in [0.15, 0.2) is 0 Å². The van der Waals surface area contributed by atoms with Crippen LogP contribution < -0.4 is 11.1 Å². The second kappa shape index (κ2) is 6.69. The summed E-state index contributed by atoms with van der Waals surface area (Å²) in [6, 6.07) is 9.30. The second-order valence-corrected chi connectivity index (χ2v) is 4.66. The first-order valence-corrected chi connectivity index (χ1v) is 6.64. The highest BCUT2D eigenvalue weighted by molar-refractivity contribution is 6.03. The molecule has 4 nitrogen and oxygen atoms in total. The molecular formula is C17H17N3O. The molecule has 2 rings (SSSR count). The van der Waals surface area contributed by atoms with Gasteiger partial charge in [0.05, 0.1) is 6.54 Å². The molecule has 0 aliphatic heterocycles. The summed E-state index contributed by atoms with van der Waals surface area (Å²) >= 11 is 0. The Morgan fingerprint density at radius 3 is 2.52 bits per heavy atom. The fourth-order valence-electron chi connectivity index (χ4n) is 1.94. The van der Waals surface area contributed by atoms with Gasteiger partial charge in [-0.1, -0.05) is 30.0 Å². The minimum atomic E-state index is -0.231. The summed E-state index contributed by atoms with van der Waals surface area (Å²) < 4.78 is 0. The zero-order chi connectivity index (χ0) is 15.2. The molecule has 0 spiro atoms. The SMILES string of the molecule is Cc1cccc(C)c1NC(=O)c1ccc(C#CCN)cn1. The molecule has 0 fully saturated rings. The van der Waals surface area contributed by atoms with E-state index in [-0.39, 0.29) is 5.91 Å². The number of anilines is 1. The normalized spacial score (nSPS) is 9.67. The third kappa shape index (κ3) is 3.68. The number of aryl methyl sites for hydroxylation is 2. The predicted octanol–water partition coefficient (Wildman–Crippen LogP) is 2.26. The number of nitrogens with zero attached hydrogens (tertiary/aromatic N) is 1. The first-order valence-electron chi connectivity index (χ1n) is 6.64. The summed E-state index contributed by atoms with van der Waals surface area (Å²) in [5.74, 6) is 5.38. The van der Waals surface area contributed by atoms with E-state index in [2.05, 4.69) is 22.1 Å². The van der Waals surface area contributed by atoms with Gasteiger partial charge < -0.3 is 11.1 Å². The van der Waals surface area contributed by atoms with Gasteiger partial charge in [0.1, 0.15) is 5.69 Å². The highest BCUT2D eigenvalue weighted by Crippen LogP contribution is 2.20. The van der Waals surface area contributed by atoms with Gasteiger partial charge in [-0.25, -0.2) is 4.98 Å². The number of aromatic nitrogens is 1. The zero-order valence-corrected chi connectivity index (χ0v) is 12.1. The van der Waals surface area contributed by atoms with E-state index in [1.54, 1.807) is 18.3 Å². The van der Waals surface area contributed by atoms with E-state index in [1.165, 1.54) is 0 Å². The molecule has 21 heavy (non-hydrogen) atoms. The zero-order valence-electron chi connectivity index (χ0n) is 12.1. The number of nitrogens with two attached hydrogens (primary N) is 1. The van der Waals surface area contributed by atoms with Crippen molar-refractivity contribution in [1.29, 1.82) is 0 Å². The molecule has 0 bridgehead atoms. The summed E-state index contributed by atoms with van der Waals surface area (Å²) in [6.45, 7) is 4.22. The molecule has 1 aromatic heterocycles. The number of hydrogen-bond acceptors (Lipinski definition) is 3. The van der Waals surface area contributed by atoms with Gasteiger partial charge in [0, 0.05) is 17.4 Å². The topological polar surface area (TPSA) is 68.0 Å². The van der Waals surface area contributed by atoms with Crippen LogP contribution >= 0.6 is 0 Å². The van der Waals surface area contributed by atoms with Crippen molar-refractivity contribution in [3.63, 3.8) is 0 Å². The van der Waals surface area contributed by atoms with Crippen molar-refractivity contribution in [2.24, 2.45) is 5.73 Å². The number of hydrogen-bond donors (Lipinski definition) is 2. The van der Waals surface area contributed by atoms with E-state index < -0.39 is 0 Å². The lowest BCUT2D eigenvalue weighted by molar-refractivity contribution is 0.102. The molecule has 2 aromatic rings. The van der Waals surface area contributed by atoms with Crippen LogP contribution in [0, 0.1) is 25.7 Å². The van der Waals surface area contributed by atoms with Crippen molar-refractivity contribution in [3.05, 3.63) is 58.9 Å². The molecule has 0 aliphatic rings. The summed E-state index contributed by atoms with van der Waals surface area (Å²) in [4.78, 5) is 16.3. The highest BCUT2D eigenvalue weighted by Gasteiger charge is 2.10. The predicted molar refractivity (Wildman–Crippen MR) is 84.0 cm³/mol. The van der Waals surface area contributed by atoms with Crippen molar-refractivity contribution < 1.29 is 4.79 Å². The molecule has 0 unspecified atom stereocenters. The lowest BCUT2D eigenvalue weighted by Crippen LogP contribution is -2.15. The van der Waals surface area contributed by atoms with Crippen LogP contribution in [0.3, 0.4) is 0 Å². The average Bonchev–Trinajstić information content (AvgIpc) is 2.49. The fraction of sp³-hybridized carbons (Fsp3) is 0.176. The highest BCUT2D eigenvalue weighted by atomic mass is 16.1. The lowest BCUT2D eigenvalue weighted by Gasteiger charge is -2.10. The van der Waals surface area contributed by atoms with Crippen LogP contribution in [0.1, 0.15) is 27.2 Å². The maximum Gasteiger partial charge on any atom is 0.274 e. The van der Waals surface area contributed by atoms with E-state index in [9.17, 15) is 4.79 Å². The summed E-state index contributed by atoms with van der Waals surface area (Å²) in [5.41, 5.74) is 9.28. The quantitative estimate of drug-likeness (QED) is 0.829. The van der Waals surface area contributed by atoms with Crippen LogP contribution in [-0.2, 0) is 0 Å². The Bertz CT molecular complexity index is 689. The third-order valence-electron chi connectivity index (χ3n) is 3.05. The van der Waals surface area contributed by atoms with Crippen LogP contribution in [-0.4, -0.2) is 17.4 Å². The molecule has 1 amide bonds. The van der Waals surface area contributed by atoms with Crippen LogP contribution in [0.25, 0.3) is 0 Å². The van der Waals surface area contributed by atoms with Crippen LogP contribution in [0.5, 0.6) is 0 Å². The van der Waals surface area contributed by atoms with E-state index in [0.717, 1.165) is 22.4 Å². The largest absolute Gasteiger partial charge is 0.320 e. The van der Waals surface area contributed by atoms with E-state index in [1.807, 2.05) is 32.0 Å². The summed E-state index contributed by atoms with van der Waals surface area (Å²) in [5, 5.41) is 2.90. The maximum atomic E-state index is 12.2. The molecule has 4 heteroatoms. The Balaban J connectivity index is 2.17.